The fourth-order valence-corrected chi connectivity index (χ4v) is 1.59. The molecule has 76 valence electrons. The highest BCUT2D eigenvalue weighted by atomic mass is 19.1. The number of hydrogen-bond acceptors (Lipinski definition) is 0. The zero-order chi connectivity index (χ0) is 10.6. The van der Waals surface area contributed by atoms with Crippen molar-refractivity contribution in [3.8, 4) is 0 Å². The molecule has 0 saturated heterocycles. The van der Waals surface area contributed by atoms with Crippen LogP contribution in [0.5, 0.6) is 0 Å². The van der Waals surface area contributed by atoms with Crippen LogP contribution in [-0.4, -0.2) is 0 Å². The zero-order valence-corrected chi connectivity index (χ0v) is 8.26. The molecule has 14 heavy (non-hydrogen) atoms. The Hall–Kier alpha value is -1.18. The highest BCUT2D eigenvalue weighted by molar-refractivity contribution is 5.24. The Labute approximate surface area is 83.3 Å². The van der Waals surface area contributed by atoms with Gasteiger partial charge in [0.2, 0.25) is 0 Å². The maximum Gasteiger partial charge on any atom is 0.129 e. The minimum atomic E-state index is -0.460. The number of halogens is 2. The lowest BCUT2D eigenvalue weighted by atomic mass is 9.92. The van der Waals surface area contributed by atoms with Crippen LogP contribution in [0.3, 0.4) is 0 Å². The first-order valence-corrected chi connectivity index (χ1v) is 4.75. The summed E-state index contributed by atoms with van der Waals surface area (Å²) in [7, 11) is 0. The van der Waals surface area contributed by atoms with Gasteiger partial charge in [0.05, 0.1) is 0 Å². The summed E-state index contributed by atoms with van der Waals surface area (Å²) in [4.78, 5) is 0. The van der Waals surface area contributed by atoms with Gasteiger partial charge in [-0.2, -0.15) is 0 Å². The van der Waals surface area contributed by atoms with Crippen LogP contribution in [0.15, 0.2) is 30.9 Å². The van der Waals surface area contributed by atoms with Gasteiger partial charge in [0.25, 0.3) is 0 Å². The van der Waals surface area contributed by atoms with Crippen LogP contribution >= 0.6 is 0 Å². The second-order valence-electron chi connectivity index (χ2n) is 3.26. The van der Waals surface area contributed by atoms with Crippen molar-refractivity contribution in [1.82, 2.24) is 0 Å². The molecule has 1 unspecified atom stereocenters. The van der Waals surface area contributed by atoms with E-state index in [1.807, 2.05) is 6.92 Å². The van der Waals surface area contributed by atoms with Crippen molar-refractivity contribution < 1.29 is 8.78 Å². The average molecular weight is 196 g/mol. The number of rotatable bonds is 4. The number of benzene rings is 1. The molecular formula is C12H14F2. The molecule has 0 amide bonds. The van der Waals surface area contributed by atoms with E-state index in [0.29, 0.717) is 12.8 Å². The van der Waals surface area contributed by atoms with E-state index in [9.17, 15) is 8.78 Å². The molecule has 1 aromatic carbocycles. The molecule has 0 bridgehead atoms. The van der Waals surface area contributed by atoms with E-state index < -0.39 is 11.6 Å². The molecule has 0 aromatic heterocycles. The Morgan fingerprint density at radius 3 is 2.36 bits per heavy atom. The van der Waals surface area contributed by atoms with Crippen molar-refractivity contribution in [3.63, 3.8) is 0 Å². The van der Waals surface area contributed by atoms with Gasteiger partial charge in [-0.05, 0) is 30.9 Å². The van der Waals surface area contributed by atoms with Gasteiger partial charge in [-0.1, -0.05) is 19.1 Å². The van der Waals surface area contributed by atoms with Crippen molar-refractivity contribution in [3.05, 3.63) is 48.1 Å². The van der Waals surface area contributed by atoms with Crippen LogP contribution in [0.1, 0.15) is 31.2 Å². The van der Waals surface area contributed by atoms with E-state index in [-0.39, 0.29) is 11.5 Å². The highest BCUT2D eigenvalue weighted by Crippen LogP contribution is 2.28. The minimum absolute atomic E-state index is 0.103. The van der Waals surface area contributed by atoms with Crippen LogP contribution < -0.4 is 0 Å². The quantitative estimate of drug-likeness (QED) is 0.638. The maximum atomic E-state index is 13.3. The molecule has 0 N–H and O–H groups in total. The molecule has 0 radical (unpaired) electrons. The SMILES string of the molecule is C=CCC(CC)c1c(F)cccc1F. The Balaban J connectivity index is 3.07. The summed E-state index contributed by atoms with van der Waals surface area (Å²) in [5, 5.41) is 0. The lowest BCUT2D eigenvalue weighted by molar-refractivity contribution is 0.516. The van der Waals surface area contributed by atoms with Gasteiger partial charge in [-0.25, -0.2) is 8.78 Å². The second kappa shape index (κ2) is 4.89. The van der Waals surface area contributed by atoms with Crippen LogP contribution in [-0.2, 0) is 0 Å². The molecule has 1 aromatic rings. The van der Waals surface area contributed by atoms with Gasteiger partial charge in [-0.3, -0.25) is 0 Å². The third-order valence-electron chi connectivity index (χ3n) is 2.35. The standard InChI is InChI=1S/C12H14F2/c1-3-6-9(4-2)12-10(13)7-5-8-11(12)14/h3,5,7-9H,1,4,6H2,2H3. The lowest BCUT2D eigenvalue weighted by Crippen LogP contribution is -2.02. The van der Waals surface area contributed by atoms with E-state index in [2.05, 4.69) is 6.58 Å². The summed E-state index contributed by atoms with van der Waals surface area (Å²) in [6.07, 6.45) is 3.01. The normalized spacial score (nSPS) is 12.5. The predicted molar refractivity (Wildman–Crippen MR) is 54.2 cm³/mol. The molecule has 0 heterocycles. The van der Waals surface area contributed by atoms with Crippen molar-refractivity contribution in [2.75, 3.05) is 0 Å². The Morgan fingerprint density at radius 1 is 1.36 bits per heavy atom. The third kappa shape index (κ3) is 2.19. The first-order chi connectivity index (χ1) is 6.70. The van der Waals surface area contributed by atoms with E-state index in [4.69, 9.17) is 0 Å². The first kappa shape index (κ1) is 10.9. The molecule has 0 fully saturated rings. The van der Waals surface area contributed by atoms with Gasteiger partial charge in [0.1, 0.15) is 11.6 Å². The van der Waals surface area contributed by atoms with Gasteiger partial charge < -0.3 is 0 Å². The van der Waals surface area contributed by atoms with Crippen LogP contribution in [0.4, 0.5) is 8.78 Å². The molecule has 0 spiro atoms. The van der Waals surface area contributed by atoms with Gasteiger partial charge in [0, 0.05) is 5.56 Å². The van der Waals surface area contributed by atoms with E-state index in [1.165, 1.54) is 18.2 Å². The Morgan fingerprint density at radius 2 is 1.93 bits per heavy atom. The van der Waals surface area contributed by atoms with Crippen molar-refractivity contribution in [2.45, 2.75) is 25.7 Å². The molecule has 0 aliphatic heterocycles. The summed E-state index contributed by atoms with van der Waals surface area (Å²) < 4.78 is 26.7. The molecule has 0 aliphatic rings. The molecule has 1 atom stereocenters. The Kier molecular flexibility index (Phi) is 3.81. The van der Waals surface area contributed by atoms with Crippen molar-refractivity contribution in [1.29, 1.82) is 0 Å². The average Bonchev–Trinajstić information content (AvgIpc) is 2.16. The fraction of sp³-hybridized carbons (Fsp3) is 0.333. The molecule has 0 saturated carbocycles. The number of hydrogen-bond donors (Lipinski definition) is 0. The van der Waals surface area contributed by atoms with Gasteiger partial charge >= 0.3 is 0 Å². The van der Waals surface area contributed by atoms with Gasteiger partial charge in [-0.15, -0.1) is 6.58 Å². The minimum Gasteiger partial charge on any atom is -0.207 e. The van der Waals surface area contributed by atoms with Crippen molar-refractivity contribution >= 4 is 0 Å². The van der Waals surface area contributed by atoms with E-state index in [0.717, 1.165) is 0 Å². The smallest absolute Gasteiger partial charge is 0.129 e. The summed E-state index contributed by atoms with van der Waals surface area (Å²) in [6.45, 7) is 5.51. The second-order valence-corrected chi connectivity index (χ2v) is 3.26. The lowest BCUT2D eigenvalue weighted by Gasteiger charge is -2.14. The molecule has 0 aliphatic carbocycles. The largest absolute Gasteiger partial charge is 0.207 e. The van der Waals surface area contributed by atoms with Crippen molar-refractivity contribution in [2.24, 2.45) is 0 Å². The zero-order valence-electron chi connectivity index (χ0n) is 8.26. The topological polar surface area (TPSA) is 0 Å². The monoisotopic (exact) mass is 196 g/mol. The molecule has 1 rings (SSSR count). The van der Waals surface area contributed by atoms with E-state index >= 15 is 0 Å². The predicted octanol–water partition coefficient (Wildman–Crippen LogP) is 4.03. The summed E-state index contributed by atoms with van der Waals surface area (Å²) >= 11 is 0. The fourth-order valence-electron chi connectivity index (χ4n) is 1.59. The molecule has 2 heteroatoms. The van der Waals surface area contributed by atoms with E-state index in [1.54, 1.807) is 6.08 Å². The van der Waals surface area contributed by atoms with Crippen LogP contribution in [0.2, 0.25) is 0 Å². The summed E-state index contributed by atoms with van der Waals surface area (Å²) in [5.41, 5.74) is 0.190. The molecule has 0 nitrogen and oxygen atoms in total. The summed E-state index contributed by atoms with van der Waals surface area (Å²) in [5.74, 6) is -1.02. The van der Waals surface area contributed by atoms with Crippen LogP contribution in [0.25, 0.3) is 0 Å². The third-order valence-corrected chi connectivity index (χ3v) is 2.35. The first-order valence-electron chi connectivity index (χ1n) is 4.75. The van der Waals surface area contributed by atoms with Gasteiger partial charge in [0.15, 0.2) is 0 Å². The maximum absolute atomic E-state index is 13.3. The molecular weight excluding hydrogens is 182 g/mol. The Bertz CT molecular complexity index is 298. The highest BCUT2D eigenvalue weighted by Gasteiger charge is 2.16. The van der Waals surface area contributed by atoms with Crippen LogP contribution in [0, 0.1) is 11.6 Å². The summed E-state index contributed by atoms with van der Waals surface area (Å²) in [6, 6.07) is 3.98. The number of allylic oxidation sites excluding steroid dienone is 1.